The lowest BCUT2D eigenvalue weighted by Crippen LogP contribution is -2.17. The fourth-order valence-corrected chi connectivity index (χ4v) is 3.13. The molecule has 1 unspecified atom stereocenters. The highest BCUT2D eigenvalue weighted by Gasteiger charge is 2.11. The van der Waals surface area contributed by atoms with Gasteiger partial charge in [-0.15, -0.1) is 0 Å². The molecule has 0 amide bonds. The third-order valence-corrected chi connectivity index (χ3v) is 4.39. The van der Waals surface area contributed by atoms with E-state index in [2.05, 4.69) is 30.8 Å². The normalized spacial score (nSPS) is 13.2. The topological polar surface area (TPSA) is 46.4 Å². The van der Waals surface area contributed by atoms with Gasteiger partial charge in [0, 0.05) is 22.3 Å². The van der Waals surface area contributed by atoms with Crippen molar-refractivity contribution in [1.82, 2.24) is 14.1 Å². The van der Waals surface area contributed by atoms with Crippen molar-refractivity contribution in [2.75, 3.05) is 0 Å². The first kappa shape index (κ1) is 15.3. The van der Waals surface area contributed by atoms with E-state index in [1.54, 1.807) is 0 Å². The maximum atomic E-state index is 12.0. The van der Waals surface area contributed by atoms with Crippen LogP contribution in [0.3, 0.4) is 0 Å². The van der Waals surface area contributed by atoms with Gasteiger partial charge in [-0.25, -0.2) is 13.9 Å². The summed E-state index contributed by atoms with van der Waals surface area (Å²) in [5.41, 5.74) is 1.51. The lowest BCUT2D eigenvalue weighted by molar-refractivity contribution is 0.571. The van der Waals surface area contributed by atoms with Gasteiger partial charge in [0.25, 0.3) is 0 Å². The minimum absolute atomic E-state index is 0.107. The number of halogens is 1. The average molecular weight is 356 g/mol. The van der Waals surface area contributed by atoms with Crippen LogP contribution in [-0.2, 0) is 10.4 Å². The van der Waals surface area contributed by atoms with Crippen LogP contribution >= 0.6 is 15.9 Å². The van der Waals surface area contributed by atoms with Crippen LogP contribution in [0.1, 0.15) is 39.4 Å². The number of rotatable bonds is 2. The zero-order valence-corrected chi connectivity index (χ0v) is 14.4. The number of nitrogens with one attached hydrogen (secondary N) is 1. The molecule has 0 aromatic carbocycles. The number of fused-ring (bicyclic) bond motifs is 1. The molecule has 0 aliphatic carbocycles. The van der Waals surface area contributed by atoms with E-state index in [0.717, 1.165) is 15.8 Å². The quantitative estimate of drug-likeness (QED) is 0.896. The summed E-state index contributed by atoms with van der Waals surface area (Å²) in [5, 5.41) is 2.98. The fourth-order valence-electron chi connectivity index (χ4n) is 1.72. The van der Waals surface area contributed by atoms with Crippen molar-refractivity contribution in [3.05, 3.63) is 34.7 Å². The predicted octanol–water partition coefficient (Wildman–Crippen LogP) is 3.42. The maximum Gasteiger partial charge on any atom is 0.137 e. The Morgan fingerprint density at radius 1 is 1.40 bits per heavy atom. The molecular formula is C14H18BrN3OS. The minimum atomic E-state index is -1.30. The van der Waals surface area contributed by atoms with Gasteiger partial charge in [-0.2, -0.15) is 0 Å². The van der Waals surface area contributed by atoms with Gasteiger partial charge in [-0.05, 0) is 60.9 Å². The van der Waals surface area contributed by atoms with Crippen molar-refractivity contribution in [1.29, 1.82) is 0 Å². The summed E-state index contributed by atoms with van der Waals surface area (Å²) in [6, 6.07) is 3.78. The van der Waals surface area contributed by atoms with Crippen LogP contribution in [0, 0.1) is 10.6 Å². The first-order valence-corrected chi connectivity index (χ1v) is 8.29. The highest BCUT2D eigenvalue weighted by atomic mass is 79.9. The first-order valence-electron chi connectivity index (χ1n) is 6.34. The third kappa shape index (κ3) is 3.96. The Labute approximate surface area is 129 Å². The molecule has 108 valence electrons. The van der Waals surface area contributed by atoms with Crippen molar-refractivity contribution >= 4 is 32.0 Å². The van der Waals surface area contributed by atoms with Gasteiger partial charge in [0.15, 0.2) is 0 Å². The van der Waals surface area contributed by atoms with E-state index in [-0.39, 0.29) is 11.5 Å². The molecule has 0 bridgehead atoms. The number of pyridine rings is 1. The Morgan fingerprint density at radius 3 is 2.75 bits per heavy atom. The first-order chi connectivity index (χ1) is 9.24. The Kier molecular flexibility index (Phi) is 4.39. The lowest BCUT2D eigenvalue weighted by Gasteiger charge is -2.08. The van der Waals surface area contributed by atoms with Gasteiger partial charge in [0.05, 0.1) is 22.1 Å². The van der Waals surface area contributed by atoms with E-state index in [1.165, 1.54) is 0 Å². The molecule has 6 heteroatoms. The molecule has 0 saturated carbocycles. The average Bonchev–Trinajstić information content (AvgIpc) is 2.68. The summed E-state index contributed by atoms with van der Waals surface area (Å²) in [7, 11) is -1.30. The highest BCUT2D eigenvalue weighted by Crippen LogP contribution is 2.16. The molecule has 0 saturated heterocycles. The molecule has 2 heterocycles. The van der Waals surface area contributed by atoms with Crippen LogP contribution in [0.5, 0.6) is 0 Å². The molecule has 0 radical (unpaired) electrons. The second-order valence-corrected chi connectivity index (χ2v) is 7.63. The number of imidazole rings is 1. The van der Waals surface area contributed by atoms with Crippen LogP contribution in [0.4, 0.5) is 0 Å². The lowest BCUT2D eigenvalue weighted by atomic mass is 10.0. The zero-order valence-electron chi connectivity index (χ0n) is 12.0. The number of aromatic nitrogens is 2. The van der Waals surface area contributed by atoms with E-state index in [9.17, 15) is 4.21 Å². The van der Waals surface area contributed by atoms with Crippen molar-refractivity contribution in [2.24, 2.45) is 5.41 Å². The van der Waals surface area contributed by atoms with Crippen molar-refractivity contribution < 1.29 is 4.21 Å². The number of nitrogens with zero attached hydrogens (tertiary/aromatic N) is 2. The molecule has 1 atom stereocenters. The SMILES string of the molecule is CC(NS(=O)#CC(C)(C)C)c1cn2cc(Br)ccc2n1. The van der Waals surface area contributed by atoms with Crippen molar-refractivity contribution in [3.8, 4) is 5.18 Å². The fraction of sp³-hybridized carbons (Fsp3) is 0.429. The van der Waals surface area contributed by atoms with Gasteiger partial charge in [0.1, 0.15) is 5.65 Å². The predicted molar refractivity (Wildman–Crippen MR) is 85.9 cm³/mol. The largest absolute Gasteiger partial charge is 0.306 e. The van der Waals surface area contributed by atoms with Crippen LogP contribution < -0.4 is 4.72 Å². The van der Waals surface area contributed by atoms with Gasteiger partial charge in [0.2, 0.25) is 0 Å². The van der Waals surface area contributed by atoms with Crippen molar-refractivity contribution in [3.63, 3.8) is 0 Å². The molecule has 1 N–H and O–H groups in total. The maximum absolute atomic E-state index is 12.0. The number of hydrogen-bond donors (Lipinski definition) is 1. The molecule has 4 nitrogen and oxygen atoms in total. The summed E-state index contributed by atoms with van der Waals surface area (Å²) in [6.45, 7) is 7.86. The zero-order chi connectivity index (χ0) is 14.9. The Balaban J connectivity index is 2.25. The standard InChI is InChI=1S/C14H18BrN3OS/c1-10(17-20(19)9-14(2,3)4)12-8-18-7-11(15)5-6-13(18)16-12/h5-8,10H,1-4H3,(H,17,19). The van der Waals surface area contributed by atoms with Gasteiger partial charge < -0.3 is 4.40 Å². The molecule has 2 rings (SSSR count). The van der Waals surface area contributed by atoms with Crippen molar-refractivity contribution in [2.45, 2.75) is 33.7 Å². The second-order valence-electron chi connectivity index (χ2n) is 5.74. The van der Waals surface area contributed by atoms with E-state index in [0.29, 0.717) is 0 Å². The summed E-state index contributed by atoms with van der Waals surface area (Å²) in [4.78, 5) is 4.52. The summed E-state index contributed by atoms with van der Waals surface area (Å²) in [6.07, 6.45) is 3.88. The molecule has 0 fully saturated rings. The van der Waals surface area contributed by atoms with Gasteiger partial charge >= 0.3 is 0 Å². The molecule has 20 heavy (non-hydrogen) atoms. The molecule has 2 aromatic rings. The Morgan fingerprint density at radius 2 is 2.10 bits per heavy atom. The monoisotopic (exact) mass is 355 g/mol. The molecule has 0 spiro atoms. The van der Waals surface area contributed by atoms with Gasteiger partial charge in [-0.3, -0.25) is 0 Å². The van der Waals surface area contributed by atoms with E-state index >= 15 is 0 Å². The van der Waals surface area contributed by atoms with Crippen LogP contribution in [0.25, 0.3) is 5.65 Å². The Hall–Kier alpha value is -1.07. The van der Waals surface area contributed by atoms with E-state index in [4.69, 9.17) is 0 Å². The second kappa shape index (κ2) is 5.74. The minimum Gasteiger partial charge on any atom is -0.306 e. The van der Waals surface area contributed by atoms with E-state index < -0.39 is 10.4 Å². The van der Waals surface area contributed by atoms with Crippen LogP contribution in [0.2, 0.25) is 0 Å². The highest BCUT2D eigenvalue weighted by molar-refractivity contribution is 9.10. The number of hydrogen-bond acceptors (Lipinski definition) is 2. The summed E-state index contributed by atoms with van der Waals surface area (Å²) in [5.74, 6) is 0. The molecule has 0 aliphatic heterocycles. The third-order valence-electron chi connectivity index (χ3n) is 2.56. The van der Waals surface area contributed by atoms with Gasteiger partial charge in [-0.1, -0.05) is 0 Å². The van der Waals surface area contributed by atoms with Crippen LogP contribution in [-0.4, -0.2) is 13.6 Å². The molecule has 0 aliphatic rings. The molecule has 2 aromatic heterocycles. The Bertz CT molecular complexity index is 768. The summed E-state index contributed by atoms with van der Waals surface area (Å²) < 4.78 is 17.9. The molecular weight excluding hydrogens is 338 g/mol. The van der Waals surface area contributed by atoms with Crippen LogP contribution in [0.15, 0.2) is 29.0 Å². The van der Waals surface area contributed by atoms with E-state index in [1.807, 2.05) is 56.6 Å². The smallest absolute Gasteiger partial charge is 0.137 e. The summed E-state index contributed by atoms with van der Waals surface area (Å²) >= 11 is 3.43.